The van der Waals surface area contributed by atoms with E-state index in [1.807, 2.05) is 6.92 Å². The second kappa shape index (κ2) is 8.74. The molecule has 0 saturated carbocycles. The van der Waals surface area contributed by atoms with E-state index in [0.29, 0.717) is 6.61 Å². The van der Waals surface area contributed by atoms with E-state index in [-0.39, 0.29) is 18.6 Å². The summed E-state index contributed by atoms with van der Waals surface area (Å²) in [6.07, 6.45) is 1.47. The van der Waals surface area contributed by atoms with Crippen molar-refractivity contribution in [1.82, 2.24) is 0 Å². The minimum Gasteiger partial charge on any atom is -0.512 e. The van der Waals surface area contributed by atoms with Gasteiger partial charge in [0.05, 0.1) is 31.3 Å². The number of nitrogens with zero attached hydrogens (tertiary/aromatic N) is 1. The first-order valence-corrected chi connectivity index (χ1v) is 5.21. The number of aliphatic hydroxyl groups is 2. The van der Waals surface area contributed by atoms with Gasteiger partial charge in [-0.1, -0.05) is 13.3 Å². The number of rotatable bonds is 7. The van der Waals surface area contributed by atoms with Crippen LogP contribution in [0.25, 0.3) is 0 Å². The van der Waals surface area contributed by atoms with Gasteiger partial charge in [0.15, 0.2) is 0 Å². The van der Waals surface area contributed by atoms with E-state index in [0.717, 1.165) is 18.9 Å². The molecule has 0 aromatic rings. The van der Waals surface area contributed by atoms with Crippen LogP contribution >= 0.6 is 0 Å². The maximum atomic E-state index is 11.1. The Morgan fingerprint density at radius 3 is 2.88 bits per heavy atom. The third kappa shape index (κ3) is 7.83. The number of hydrogen-bond acceptors (Lipinski definition) is 5. The molecule has 0 unspecified atom stereocenters. The van der Waals surface area contributed by atoms with Crippen LogP contribution in [0.15, 0.2) is 11.8 Å². The van der Waals surface area contributed by atoms with Crippen molar-refractivity contribution in [3.8, 4) is 6.07 Å². The van der Waals surface area contributed by atoms with E-state index in [9.17, 15) is 15.0 Å². The monoisotopic (exact) mass is 227 g/mol. The number of carbonyl (C=O) groups excluding carboxylic acids is 1. The molecule has 5 nitrogen and oxygen atoms in total. The quantitative estimate of drug-likeness (QED) is 0.297. The third-order valence-electron chi connectivity index (χ3n) is 1.80. The summed E-state index contributed by atoms with van der Waals surface area (Å²) < 4.78 is 4.77. The Hall–Kier alpha value is -1.54. The third-order valence-corrected chi connectivity index (χ3v) is 1.80. The summed E-state index contributed by atoms with van der Waals surface area (Å²) in [6.45, 7) is 2.29. The highest BCUT2D eigenvalue weighted by Crippen LogP contribution is 2.05. The van der Waals surface area contributed by atoms with E-state index in [4.69, 9.17) is 10.00 Å². The molecule has 0 spiro atoms. The molecule has 90 valence electrons. The number of aliphatic hydroxyl groups excluding tert-OH is 2. The van der Waals surface area contributed by atoms with Crippen LogP contribution in [0.5, 0.6) is 0 Å². The Morgan fingerprint density at radius 2 is 2.31 bits per heavy atom. The Morgan fingerprint density at radius 1 is 1.62 bits per heavy atom. The Kier molecular flexibility index (Phi) is 7.90. The Bertz CT molecular complexity index is 280. The highest BCUT2D eigenvalue weighted by Gasteiger charge is 2.08. The lowest BCUT2D eigenvalue weighted by molar-refractivity contribution is -0.138. The molecular weight excluding hydrogens is 210 g/mol. The van der Waals surface area contributed by atoms with Crippen LogP contribution in [-0.2, 0) is 9.53 Å². The maximum absolute atomic E-state index is 11.1. The summed E-state index contributed by atoms with van der Waals surface area (Å²) >= 11 is 0. The molecule has 16 heavy (non-hydrogen) atoms. The van der Waals surface area contributed by atoms with Crippen LogP contribution in [0.2, 0.25) is 0 Å². The van der Waals surface area contributed by atoms with Gasteiger partial charge in [-0.3, -0.25) is 0 Å². The van der Waals surface area contributed by atoms with Gasteiger partial charge in [-0.05, 0) is 6.42 Å². The first-order chi connectivity index (χ1) is 7.60. The van der Waals surface area contributed by atoms with Gasteiger partial charge in [-0.25, -0.2) is 4.79 Å². The lowest BCUT2D eigenvalue weighted by atomic mass is 10.1. The summed E-state index contributed by atoms with van der Waals surface area (Å²) in [7, 11) is 0. The number of esters is 1. The summed E-state index contributed by atoms with van der Waals surface area (Å²) in [6, 6.07) is 1.76. The van der Waals surface area contributed by atoms with Gasteiger partial charge >= 0.3 is 5.97 Å². The fourth-order valence-electron chi connectivity index (χ4n) is 0.973. The van der Waals surface area contributed by atoms with Crippen molar-refractivity contribution in [2.45, 2.75) is 38.7 Å². The Balaban J connectivity index is 3.92. The largest absolute Gasteiger partial charge is 0.512 e. The van der Waals surface area contributed by atoms with Crippen molar-refractivity contribution in [2.24, 2.45) is 0 Å². The molecule has 0 amide bonds. The van der Waals surface area contributed by atoms with Gasteiger partial charge in [0.1, 0.15) is 5.76 Å². The SMILES string of the molecule is CCCCOC(=O)/C=C(\O)C[C@H](O)CC#N. The zero-order valence-electron chi connectivity index (χ0n) is 9.35. The molecule has 0 aliphatic rings. The number of nitriles is 1. The molecule has 0 aromatic heterocycles. The molecule has 0 rings (SSSR count). The number of ether oxygens (including phenoxy) is 1. The van der Waals surface area contributed by atoms with Gasteiger partial charge in [0.2, 0.25) is 0 Å². The van der Waals surface area contributed by atoms with Gasteiger partial charge < -0.3 is 14.9 Å². The van der Waals surface area contributed by atoms with Crippen molar-refractivity contribution >= 4 is 5.97 Å². The zero-order chi connectivity index (χ0) is 12.4. The first kappa shape index (κ1) is 14.5. The Labute approximate surface area is 95.0 Å². The van der Waals surface area contributed by atoms with Gasteiger partial charge in [0.25, 0.3) is 0 Å². The molecule has 0 aliphatic carbocycles. The van der Waals surface area contributed by atoms with E-state index in [1.165, 1.54) is 0 Å². The average Bonchev–Trinajstić information content (AvgIpc) is 2.17. The maximum Gasteiger partial charge on any atom is 0.334 e. The van der Waals surface area contributed by atoms with Crippen molar-refractivity contribution in [3.05, 3.63) is 11.8 Å². The van der Waals surface area contributed by atoms with E-state index >= 15 is 0 Å². The van der Waals surface area contributed by atoms with Crippen molar-refractivity contribution < 1.29 is 19.7 Å². The molecule has 0 saturated heterocycles. The fourth-order valence-corrected chi connectivity index (χ4v) is 0.973. The fraction of sp³-hybridized carbons (Fsp3) is 0.636. The molecule has 0 aliphatic heterocycles. The predicted octanol–water partition coefficient (Wildman–Crippen LogP) is 1.44. The normalized spacial score (nSPS) is 12.9. The van der Waals surface area contributed by atoms with Crippen molar-refractivity contribution in [2.75, 3.05) is 6.61 Å². The van der Waals surface area contributed by atoms with Crippen LogP contribution in [0.4, 0.5) is 0 Å². The lowest BCUT2D eigenvalue weighted by Gasteiger charge is -2.05. The van der Waals surface area contributed by atoms with Crippen LogP contribution in [0, 0.1) is 11.3 Å². The van der Waals surface area contributed by atoms with E-state index in [1.54, 1.807) is 6.07 Å². The van der Waals surface area contributed by atoms with E-state index in [2.05, 4.69) is 0 Å². The topological polar surface area (TPSA) is 90.6 Å². The van der Waals surface area contributed by atoms with Gasteiger partial charge in [0, 0.05) is 6.42 Å². The smallest absolute Gasteiger partial charge is 0.334 e. The van der Waals surface area contributed by atoms with Crippen LogP contribution in [0.3, 0.4) is 0 Å². The number of unbranched alkanes of at least 4 members (excludes halogenated alkanes) is 1. The van der Waals surface area contributed by atoms with Gasteiger partial charge in [-0.15, -0.1) is 0 Å². The minimum absolute atomic E-state index is 0.0806. The lowest BCUT2D eigenvalue weighted by Crippen LogP contribution is -2.09. The first-order valence-electron chi connectivity index (χ1n) is 5.21. The molecule has 1 atom stereocenters. The number of carbonyl (C=O) groups is 1. The molecule has 0 bridgehead atoms. The van der Waals surface area contributed by atoms with E-state index < -0.39 is 12.1 Å². The molecular formula is C11H17NO4. The number of hydrogen-bond donors (Lipinski definition) is 2. The summed E-state index contributed by atoms with van der Waals surface area (Å²) in [5, 5.41) is 26.7. The van der Waals surface area contributed by atoms with Gasteiger partial charge in [-0.2, -0.15) is 5.26 Å². The molecule has 0 heterocycles. The van der Waals surface area contributed by atoms with Crippen LogP contribution in [-0.4, -0.2) is 28.9 Å². The zero-order valence-corrected chi connectivity index (χ0v) is 9.35. The highest BCUT2D eigenvalue weighted by atomic mass is 16.5. The molecule has 0 radical (unpaired) electrons. The molecule has 0 aromatic carbocycles. The highest BCUT2D eigenvalue weighted by molar-refractivity contribution is 5.82. The molecule has 2 N–H and O–H groups in total. The summed E-state index contributed by atoms with van der Waals surface area (Å²) in [4.78, 5) is 11.1. The second-order valence-electron chi connectivity index (χ2n) is 3.38. The second-order valence-corrected chi connectivity index (χ2v) is 3.38. The minimum atomic E-state index is -0.954. The predicted molar refractivity (Wildman–Crippen MR) is 57.4 cm³/mol. The summed E-state index contributed by atoms with van der Waals surface area (Å²) in [5.41, 5.74) is 0. The van der Waals surface area contributed by atoms with Crippen molar-refractivity contribution in [1.29, 1.82) is 5.26 Å². The van der Waals surface area contributed by atoms with Crippen LogP contribution in [0.1, 0.15) is 32.6 Å². The van der Waals surface area contributed by atoms with Crippen LogP contribution < -0.4 is 0 Å². The summed E-state index contributed by atoms with van der Waals surface area (Å²) in [5.74, 6) is -0.903. The molecule has 0 fully saturated rings. The standard InChI is InChI=1S/C11H17NO4/c1-2-3-6-16-11(15)8-10(14)7-9(13)4-5-12/h8-9,13-14H,2-4,6-7H2,1H3/b10-8-/t9-/m1/s1. The molecule has 5 heteroatoms. The van der Waals surface area contributed by atoms with Crippen molar-refractivity contribution in [3.63, 3.8) is 0 Å². The average molecular weight is 227 g/mol.